The molecule has 0 saturated carbocycles. The molecule has 0 aliphatic heterocycles. The number of nitrogens with one attached hydrogen (secondary N) is 1. The lowest BCUT2D eigenvalue weighted by atomic mass is 10.2. The van der Waals surface area contributed by atoms with Crippen LogP contribution in [0.1, 0.15) is 28.8 Å². The normalized spacial score (nSPS) is 10.1. The molecule has 108 valence electrons. The van der Waals surface area contributed by atoms with E-state index in [4.69, 9.17) is 9.52 Å². The Morgan fingerprint density at radius 1 is 1.43 bits per heavy atom. The van der Waals surface area contributed by atoms with E-state index in [9.17, 15) is 10.1 Å². The Morgan fingerprint density at radius 2 is 2.24 bits per heavy atom. The van der Waals surface area contributed by atoms with Gasteiger partial charge in [-0.25, -0.2) is 4.79 Å². The highest BCUT2D eigenvalue weighted by molar-refractivity contribution is 7.99. The molecule has 5 nitrogen and oxygen atoms in total. The summed E-state index contributed by atoms with van der Waals surface area (Å²) in [6.45, 7) is 2.35. The first-order valence-electron chi connectivity index (χ1n) is 6.37. The van der Waals surface area contributed by atoms with Crippen LogP contribution >= 0.6 is 11.8 Å². The van der Waals surface area contributed by atoms with E-state index in [1.807, 2.05) is 25.1 Å². The number of hydrogen-bond acceptors (Lipinski definition) is 5. The van der Waals surface area contributed by atoms with Gasteiger partial charge in [0.15, 0.2) is 0 Å². The molecule has 6 heteroatoms. The highest BCUT2D eigenvalue weighted by Gasteiger charge is 2.11. The monoisotopic (exact) mass is 302 g/mol. The smallest absolute Gasteiger partial charge is 0.371 e. The molecule has 0 aliphatic rings. The van der Waals surface area contributed by atoms with Gasteiger partial charge in [0.25, 0.3) is 0 Å². The van der Waals surface area contributed by atoms with Crippen LogP contribution in [0, 0.1) is 11.3 Å². The molecule has 0 saturated heterocycles. The van der Waals surface area contributed by atoms with E-state index in [1.54, 1.807) is 17.8 Å². The average molecular weight is 302 g/mol. The zero-order chi connectivity index (χ0) is 15.2. The first-order valence-corrected chi connectivity index (χ1v) is 7.36. The number of thioether (sulfide) groups is 1. The van der Waals surface area contributed by atoms with Crippen LogP contribution in [0.2, 0.25) is 0 Å². The zero-order valence-electron chi connectivity index (χ0n) is 11.4. The SMILES string of the molecule is CCSc1cccc(NCc2ccc(C(=O)O)o2)c1C#N. The molecule has 21 heavy (non-hydrogen) atoms. The molecule has 2 rings (SSSR count). The van der Waals surface area contributed by atoms with Crippen LogP contribution in [0.15, 0.2) is 39.6 Å². The molecule has 0 fully saturated rings. The molecule has 2 aromatic rings. The lowest BCUT2D eigenvalue weighted by Crippen LogP contribution is -2.01. The Balaban J connectivity index is 2.14. The number of hydrogen-bond donors (Lipinski definition) is 2. The fourth-order valence-electron chi connectivity index (χ4n) is 1.84. The van der Waals surface area contributed by atoms with E-state index in [1.165, 1.54) is 6.07 Å². The highest BCUT2D eigenvalue weighted by Crippen LogP contribution is 2.28. The van der Waals surface area contributed by atoms with Gasteiger partial charge in [0.2, 0.25) is 5.76 Å². The van der Waals surface area contributed by atoms with Gasteiger partial charge in [-0.3, -0.25) is 0 Å². The molecule has 1 aromatic heterocycles. The van der Waals surface area contributed by atoms with Crippen molar-refractivity contribution < 1.29 is 14.3 Å². The standard InChI is InChI=1S/C15H14N2O3S/c1-2-21-14-5-3-4-12(11(14)8-16)17-9-10-6-7-13(20-10)15(18)19/h3-7,17H,2,9H2,1H3,(H,18,19). The van der Waals surface area contributed by atoms with Crippen LogP contribution in [0.4, 0.5) is 5.69 Å². The van der Waals surface area contributed by atoms with Crippen LogP contribution in [0.25, 0.3) is 0 Å². The summed E-state index contributed by atoms with van der Waals surface area (Å²) in [6.07, 6.45) is 0. The molecule has 0 unspecified atom stereocenters. The van der Waals surface area contributed by atoms with Gasteiger partial charge in [-0.05, 0) is 30.0 Å². The van der Waals surface area contributed by atoms with Crippen molar-refractivity contribution in [1.29, 1.82) is 5.26 Å². The fourth-order valence-corrected chi connectivity index (χ4v) is 2.63. The first-order chi connectivity index (χ1) is 10.2. The number of aromatic carboxylic acids is 1. The largest absolute Gasteiger partial charge is 0.475 e. The molecule has 0 aliphatic carbocycles. The van der Waals surface area contributed by atoms with Crippen molar-refractivity contribution in [3.8, 4) is 6.07 Å². The number of carbonyl (C=O) groups is 1. The summed E-state index contributed by atoms with van der Waals surface area (Å²) in [5, 5.41) is 21.2. The quantitative estimate of drug-likeness (QED) is 0.793. The number of furan rings is 1. The van der Waals surface area contributed by atoms with Crippen LogP contribution in [-0.4, -0.2) is 16.8 Å². The number of rotatable bonds is 6. The predicted octanol–water partition coefficient (Wildman–Crippen LogP) is 3.57. The van der Waals surface area contributed by atoms with Crippen molar-refractivity contribution in [3.63, 3.8) is 0 Å². The highest BCUT2D eigenvalue weighted by atomic mass is 32.2. The second kappa shape index (κ2) is 6.86. The van der Waals surface area contributed by atoms with E-state index in [2.05, 4.69) is 11.4 Å². The minimum atomic E-state index is -1.10. The summed E-state index contributed by atoms with van der Waals surface area (Å²) in [4.78, 5) is 11.7. The van der Waals surface area contributed by atoms with Crippen molar-refractivity contribution in [2.45, 2.75) is 18.4 Å². The minimum Gasteiger partial charge on any atom is -0.475 e. The fraction of sp³-hybridized carbons (Fsp3) is 0.200. The van der Waals surface area contributed by atoms with Gasteiger partial charge < -0.3 is 14.8 Å². The summed E-state index contributed by atoms with van der Waals surface area (Å²) in [6, 6.07) is 10.8. The van der Waals surface area contributed by atoms with E-state index in [0.29, 0.717) is 23.6 Å². The molecule has 2 N–H and O–H groups in total. The lowest BCUT2D eigenvalue weighted by Gasteiger charge is -2.09. The molecular formula is C15H14N2O3S. The second-order valence-electron chi connectivity index (χ2n) is 4.15. The molecule has 0 spiro atoms. The van der Waals surface area contributed by atoms with Gasteiger partial charge >= 0.3 is 5.97 Å². The topological polar surface area (TPSA) is 86.3 Å². The number of anilines is 1. The van der Waals surface area contributed by atoms with Crippen molar-refractivity contribution in [1.82, 2.24) is 0 Å². The minimum absolute atomic E-state index is 0.0948. The number of nitriles is 1. The first kappa shape index (κ1) is 15.0. The molecule has 1 heterocycles. The van der Waals surface area contributed by atoms with E-state index >= 15 is 0 Å². The third-order valence-corrected chi connectivity index (χ3v) is 3.70. The van der Waals surface area contributed by atoms with Crippen LogP contribution < -0.4 is 5.32 Å². The van der Waals surface area contributed by atoms with Gasteiger partial charge in [0.1, 0.15) is 11.8 Å². The summed E-state index contributed by atoms with van der Waals surface area (Å²) < 4.78 is 5.17. The molecule has 0 radical (unpaired) electrons. The number of carboxylic acid groups (broad SMARTS) is 1. The number of benzene rings is 1. The van der Waals surface area contributed by atoms with Crippen LogP contribution in [0.3, 0.4) is 0 Å². The Hall–Kier alpha value is -2.39. The average Bonchev–Trinajstić information content (AvgIpc) is 2.94. The Kier molecular flexibility index (Phi) is 4.90. The van der Waals surface area contributed by atoms with Crippen molar-refractivity contribution in [2.24, 2.45) is 0 Å². The van der Waals surface area contributed by atoms with Crippen LogP contribution in [0.5, 0.6) is 0 Å². The zero-order valence-corrected chi connectivity index (χ0v) is 12.2. The summed E-state index contributed by atoms with van der Waals surface area (Å²) in [5.74, 6) is 0.200. The van der Waals surface area contributed by atoms with E-state index in [-0.39, 0.29) is 5.76 Å². The van der Waals surface area contributed by atoms with Gasteiger partial charge in [-0.1, -0.05) is 13.0 Å². The maximum absolute atomic E-state index is 10.7. The van der Waals surface area contributed by atoms with Crippen molar-refractivity contribution in [2.75, 3.05) is 11.1 Å². The molecule has 1 aromatic carbocycles. The van der Waals surface area contributed by atoms with Gasteiger partial charge in [0, 0.05) is 4.90 Å². The Morgan fingerprint density at radius 3 is 2.86 bits per heavy atom. The molecule has 0 atom stereocenters. The van der Waals surface area contributed by atoms with Gasteiger partial charge in [0.05, 0.1) is 17.8 Å². The van der Waals surface area contributed by atoms with Crippen molar-refractivity contribution in [3.05, 3.63) is 47.4 Å². The molecule has 0 bridgehead atoms. The Bertz CT molecular complexity index is 688. The molecular weight excluding hydrogens is 288 g/mol. The molecule has 0 amide bonds. The number of carboxylic acids is 1. The summed E-state index contributed by atoms with van der Waals surface area (Å²) in [7, 11) is 0. The van der Waals surface area contributed by atoms with Gasteiger partial charge in [-0.2, -0.15) is 5.26 Å². The Labute approximate surface area is 126 Å². The summed E-state index contributed by atoms with van der Waals surface area (Å²) in [5.41, 5.74) is 1.30. The van der Waals surface area contributed by atoms with E-state index < -0.39 is 5.97 Å². The summed E-state index contributed by atoms with van der Waals surface area (Å²) >= 11 is 1.61. The lowest BCUT2D eigenvalue weighted by molar-refractivity contribution is 0.0660. The van der Waals surface area contributed by atoms with Crippen molar-refractivity contribution >= 4 is 23.4 Å². The number of nitrogens with zero attached hydrogens (tertiary/aromatic N) is 1. The van der Waals surface area contributed by atoms with Crippen LogP contribution in [-0.2, 0) is 6.54 Å². The maximum atomic E-state index is 10.7. The van der Waals surface area contributed by atoms with E-state index in [0.717, 1.165) is 10.6 Å². The third-order valence-electron chi connectivity index (χ3n) is 2.76. The third kappa shape index (κ3) is 3.58. The predicted molar refractivity (Wildman–Crippen MR) is 80.5 cm³/mol. The maximum Gasteiger partial charge on any atom is 0.371 e. The van der Waals surface area contributed by atoms with Gasteiger partial charge in [-0.15, -0.1) is 11.8 Å². The second-order valence-corrected chi connectivity index (χ2v) is 5.45.